The van der Waals surface area contributed by atoms with Crippen LogP contribution in [0.1, 0.15) is 32.1 Å². The second-order valence-electron chi connectivity index (χ2n) is 5.86. The van der Waals surface area contributed by atoms with Gasteiger partial charge in [-0.15, -0.1) is 12.4 Å². The van der Waals surface area contributed by atoms with E-state index in [4.69, 9.17) is 5.73 Å². The number of nitrogens with zero attached hydrogens (tertiary/aromatic N) is 2. The number of esters is 1. The number of ether oxygens (including phenoxy) is 1. The Morgan fingerprint density at radius 2 is 1.67 bits per heavy atom. The van der Waals surface area contributed by atoms with Gasteiger partial charge in [0.1, 0.15) is 0 Å². The molecule has 0 bridgehead atoms. The van der Waals surface area contributed by atoms with E-state index in [0.717, 1.165) is 25.7 Å². The van der Waals surface area contributed by atoms with Gasteiger partial charge in [-0.2, -0.15) is 0 Å². The summed E-state index contributed by atoms with van der Waals surface area (Å²) in [5.41, 5.74) is 5.64. The molecule has 6 nitrogen and oxygen atoms in total. The van der Waals surface area contributed by atoms with Crippen molar-refractivity contribution in [2.45, 2.75) is 37.6 Å². The Morgan fingerprint density at radius 1 is 1.10 bits per heavy atom. The van der Waals surface area contributed by atoms with Crippen LogP contribution in [0.4, 0.5) is 0 Å². The molecule has 0 aromatic carbocycles. The maximum atomic E-state index is 12.6. The lowest BCUT2D eigenvalue weighted by atomic mass is 9.81. The van der Waals surface area contributed by atoms with Gasteiger partial charge in [0.15, 0.2) is 0 Å². The molecule has 1 saturated heterocycles. The summed E-state index contributed by atoms with van der Waals surface area (Å²) in [6, 6.07) is 0. The number of hydrogen-bond donors (Lipinski definition) is 1. The fourth-order valence-corrected chi connectivity index (χ4v) is 3.07. The molecule has 1 aliphatic heterocycles. The normalized spacial score (nSPS) is 22.3. The summed E-state index contributed by atoms with van der Waals surface area (Å²) in [5.74, 6) is -0.137. The van der Waals surface area contributed by atoms with Gasteiger partial charge in [0.25, 0.3) is 0 Å². The Balaban J connectivity index is 0.00000220. The molecule has 1 aliphatic carbocycles. The van der Waals surface area contributed by atoms with Gasteiger partial charge in [0, 0.05) is 26.2 Å². The number of piperazine rings is 1. The van der Waals surface area contributed by atoms with Crippen LogP contribution in [-0.4, -0.2) is 67.0 Å². The number of rotatable bonds is 3. The first-order valence-corrected chi connectivity index (χ1v) is 7.42. The number of hydrogen-bond acceptors (Lipinski definition) is 5. The molecule has 2 fully saturated rings. The van der Waals surface area contributed by atoms with E-state index in [1.54, 1.807) is 0 Å². The van der Waals surface area contributed by atoms with Crippen molar-refractivity contribution < 1.29 is 14.3 Å². The fourth-order valence-electron chi connectivity index (χ4n) is 3.07. The second kappa shape index (κ2) is 7.96. The molecular weight excluding hydrogens is 294 g/mol. The van der Waals surface area contributed by atoms with E-state index < -0.39 is 5.54 Å². The highest BCUT2D eigenvalue weighted by Crippen LogP contribution is 2.28. The van der Waals surface area contributed by atoms with Crippen LogP contribution in [0.5, 0.6) is 0 Å². The molecule has 1 heterocycles. The van der Waals surface area contributed by atoms with Crippen LogP contribution >= 0.6 is 12.4 Å². The molecular formula is C14H26ClN3O3. The largest absolute Gasteiger partial charge is 0.468 e. The summed E-state index contributed by atoms with van der Waals surface area (Å²) in [6.45, 7) is 3.00. The zero-order valence-corrected chi connectivity index (χ0v) is 13.5. The van der Waals surface area contributed by atoms with Crippen molar-refractivity contribution >= 4 is 24.3 Å². The van der Waals surface area contributed by atoms with Crippen LogP contribution in [0, 0.1) is 0 Å². The molecule has 21 heavy (non-hydrogen) atoms. The highest BCUT2D eigenvalue weighted by atomic mass is 35.5. The van der Waals surface area contributed by atoms with Gasteiger partial charge >= 0.3 is 5.97 Å². The molecule has 0 unspecified atom stereocenters. The summed E-state index contributed by atoms with van der Waals surface area (Å²) >= 11 is 0. The van der Waals surface area contributed by atoms with E-state index in [0.29, 0.717) is 32.7 Å². The Hall–Kier alpha value is -0.850. The van der Waals surface area contributed by atoms with Crippen LogP contribution in [0.25, 0.3) is 0 Å². The van der Waals surface area contributed by atoms with Crippen LogP contribution < -0.4 is 5.73 Å². The molecule has 1 amide bonds. The first-order chi connectivity index (χ1) is 9.55. The monoisotopic (exact) mass is 319 g/mol. The van der Waals surface area contributed by atoms with Gasteiger partial charge in [0.05, 0.1) is 19.2 Å². The zero-order valence-electron chi connectivity index (χ0n) is 12.7. The van der Waals surface area contributed by atoms with E-state index in [1.165, 1.54) is 13.5 Å². The van der Waals surface area contributed by atoms with Gasteiger partial charge in [-0.25, -0.2) is 0 Å². The third-order valence-electron chi connectivity index (χ3n) is 4.41. The van der Waals surface area contributed by atoms with Crippen molar-refractivity contribution in [2.24, 2.45) is 5.73 Å². The quantitative estimate of drug-likeness (QED) is 0.761. The molecule has 0 aromatic rings. The van der Waals surface area contributed by atoms with Gasteiger partial charge in [0.2, 0.25) is 5.91 Å². The van der Waals surface area contributed by atoms with Crippen molar-refractivity contribution in [3.05, 3.63) is 0 Å². The van der Waals surface area contributed by atoms with E-state index in [1.807, 2.05) is 9.80 Å². The predicted molar refractivity (Wildman–Crippen MR) is 82.3 cm³/mol. The van der Waals surface area contributed by atoms with Crippen molar-refractivity contribution in [1.82, 2.24) is 9.80 Å². The van der Waals surface area contributed by atoms with Gasteiger partial charge in [-0.05, 0) is 12.8 Å². The molecule has 7 heteroatoms. The summed E-state index contributed by atoms with van der Waals surface area (Å²) < 4.78 is 4.66. The third kappa shape index (κ3) is 4.56. The second-order valence-corrected chi connectivity index (χ2v) is 5.86. The van der Waals surface area contributed by atoms with Crippen LogP contribution in [0.3, 0.4) is 0 Å². The lowest BCUT2D eigenvalue weighted by molar-refractivity contribution is -0.144. The summed E-state index contributed by atoms with van der Waals surface area (Å²) in [5, 5.41) is 0. The van der Waals surface area contributed by atoms with Gasteiger partial charge < -0.3 is 15.4 Å². The average molecular weight is 320 g/mol. The van der Waals surface area contributed by atoms with Crippen LogP contribution in [0.2, 0.25) is 0 Å². The highest BCUT2D eigenvalue weighted by molar-refractivity contribution is 5.86. The topological polar surface area (TPSA) is 75.9 Å². The molecule has 122 valence electrons. The first-order valence-electron chi connectivity index (χ1n) is 7.42. The highest BCUT2D eigenvalue weighted by Gasteiger charge is 2.39. The number of carbonyl (C=O) groups excluding carboxylic acids is 2. The van der Waals surface area contributed by atoms with E-state index >= 15 is 0 Å². The summed E-state index contributed by atoms with van der Waals surface area (Å²) in [7, 11) is 1.39. The van der Waals surface area contributed by atoms with E-state index in [9.17, 15) is 9.59 Å². The maximum Gasteiger partial charge on any atom is 0.319 e. The SMILES string of the molecule is COC(=O)CN1CCN(C(=O)C2(N)CCCCC2)CC1.Cl. The molecule has 2 N–H and O–H groups in total. The molecule has 2 rings (SSSR count). The molecule has 0 aromatic heterocycles. The number of methoxy groups -OCH3 is 1. The third-order valence-corrected chi connectivity index (χ3v) is 4.41. The minimum atomic E-state index is -0.650. The number of carbonyl (C=O) groups is 2. The molecule has 0 radical (unpaired) electrons. The predicted octanol–water partition coefficient (Wildman–Crippen LogP) is 0.387. The van der Waals surface area contributed by atoms with Gasteiger partial charge in [-0.1, -0.05) is 19.3 Å². The molecule has 2 aliphatic rings. The van der Waals surface area contributed by atoms with Crippen molar-refractivity contribution in [3.63, 3.8) is 0 Å². The number of amides is 1. The Morgan fingerprint density at radius 3 is 2.19 bits per heavy atom. The number of nitrogens with two attached hydrogens (primary N) is 1. The lowest BCUT2D eigenvalue weighted by Crippen LogP contribution is -2.60. The van der Waals surface area contributed by atoms with Crippen LogP contribution in [0.15, 0.2) is 0 Å². The minimum Gasteiger partial charge on any atom is -0.468 e. The smallest absolute Gasteiger partial charge is 0.319 e. The Labute approximate surface area is 132 Å². The van der Waals surface area contributed by atoms with Crippen LogP contribution in [-0.2, 0) is 14.3 Å². The minimum absolute atomic E-state index is 0. The maximum absolute atomic E-state index is 12.6. The molecule has 0 spiro atoms. The number of halogens is 1. The molecule has 1 saturated carbocycles. The van der Waals surface area contributed by atoms with Crippen molar-refractivity contribution in [3.8, 4) is 0 Å². The zero-order chi connectivity index (χ0) is 14.6. The standard InChI is InChI=1S/C14H25N3O3.ClH/c1-20-12(18)11-16-7-9-17(10-8-16)13(19)14(15)5-3-2-4-6-14;/h2-11,15H2,1H3;1H. The van der Waals surface area contributed by atoms with E-state index in [-0.39, 0.29) is 24.3 Å². The van der Waals surface area contributed by atoms with Crippen molar-refractivity contribution in [1.29, 1.82) is 0 Å². The Kier molecular flexibility index (Phi) is 6.90. The van der Waals surface area contributed by atoms with E-state index in [2.05, 4.69) is 4.74 Å². The fraction of sp³-hybridized carbons (Fsp3) is 0.857. The Bertz CT molecular complexity index is 364. The summed E-state index contributed by atoms with van der Waals surface area (Å²) in [6.07, 6.45) is 4.87. The van der Waals surface area contributed by atoms with Gasteiger partial charge in [-0.3, -0.25) is 14.5 Å². The molecule has 0 atom stereocenters. The summed E-state index contributed by atoms with van der Waals surface area (Å²) in [4.78, 5) is 27.7. The van der Waals surface area contributed by atoms with Crippen molar-refractivity contribution in [2.75, 3.05) is 39.8 Å². The lowest BCUT2D eigenvalue weighted by Gasteiger charge is -2.40. The average Bonchev–Trinajstić information content (AvgIpc) is 2.48. The first kappa shape index (κ1) is 18.2.